The minimum Gasteiger partial charge on any atom is -0.488 e. The number of rotatable bonds is 4. The van der Waals surface area contributed by atoms with Gasteiger partial charge in [-0.15, -0.1) is 0 Å². The van der Waals surface area contributed by atoms with E-state index < -0.39 is 42.0 Å². The van der Waals surface area contributed by atoms with Crippen molar-refractivity contribution in [3.8, 4) is 5.75 Å². The fourth-order valence-electron chi connectivity index (χ4n) is 4.65. The second-order valence-electron chi connectivity index (χ2n) is 8.48. The van der Waals surface area contributed by atoms with E-state index >= 15 is 8.78 Å². The Kier molecular flexibility index (Phi) is 5.13. The fourth-order valence-corrected chi connectivity index (χ4v) is 4.65. The van der Waals surface area contributed by atoms with E-state index in [1.165, 1.54) is 0 Å². The average Bonchev–Trinajstić information content (AvgIpc) is 3.04. The number of hydrogen-bond acceptors (Lipinski definition) is 3. The molecule has 0 aliphatic carbocycles. The molecule has 32 heavy (non-hydrogen) atoms. The first kappa shape index (κ1) is 21.2. The highest BCUT2D eigenvalue weighted by Crippen LogP contribution is 2.42. The second kappa shape index (κ2) is 7.74. The first-order valence-electron chi connectivity index (χ1n) is 10.5. The van der Waals surface area contributed by atoms with Crippen molar-refractivity contribution in [2.24, 2.45) is 0 Å². The molecule has 2 aliphatic rings. The van der Waals surface area contributed by atoms with Crippen molar-refractivity contribution < 1.29 is 26.7 Å². The molecule has 4 nitrogen and oxygen atoms in total. The van der Waals surface area contributed by atoms with Gasteiger partial charge in [0.05, 0.1) is 12.6 Å². The molecule has 3 aromatic rings. The van der Waals surface area contributed by atoms with Crippen LogP contribution < -0.4 is 10.1 Å². The fraction of sp³-hybridized carbons (Fsp3) is 0.391. The van der Waals surface area contributed by atoms with Crippen LogP contribution in [0.1, 0.15) is 24.2 Å². The van der Waals surface area contributed by atoms with Gasteiger partial charge in [-0.2, -0.15) is 13.2 Å². The van der Waals surface area contributed by atoms with Gasteiger partial charge in [0.25, 0.3) is 0 Å². The van der Waals surface area contributed by atoms with Crippen LogP contribution in [0.2, 0.25) is 0 Å². The highest BCUT2D eigenvalue weighted by molar-refractivity contribution is 5.82. The molecule has 0 unspecified atom stereocenters. The topological polar surface area (TPSA) is 29.4 Å². The molecule has 2 aliphatic heterocycles. The Balaban J connectivity index is 1.65. The van der Waals surface area contributed by atoms with E-state index in [0.29, 0.717) is 18.8 Å². The first-order chi connectivity index (χ1) is 15.2. The lowest BCUT2D eigenvalue weighted by Crippen LogP contribution is -2.50. The van der Waals surface area contributed by atoms with E-state index in [-0.39, 0.29) is 18.4 Å². The maximum Gasteiger partial charge on any atom is 0.401 e. The van der Waals surface area contributed by atoms with E-state index in [9.17, 15) is 13.2 Å². The molecule has 9 heteroatoms. The molecule has 1 aromatic heterocycles. The molecular formula is C23H22F5N3O. The van der Waals surface area contributed by atoms with Gasteiger partial charge in [0.15, 0.2) is 0 Å². The van der Waals surface area contributed by atoms with Crippen molar-refractivity contribution in [2.75, 3.05) is 19.6 Å². The average molecular weight is 451 g/mol. The highest BCUT2D eigenvalue weighted by atomic mass is 19.4. The van der Waals surface area contributed by atoms with Gasteiger partial charge in [-0.3, -0.25) is 4.90 Å². The Hall–Kier alpha value is -2.65. The monoisotopic (exact) mass is 451 g/mol. The summed E-state index contributed by atoms with van der Waals surface area (Å²) >= 11 is 0. The summed E-state index contributed by atoms with van der Waals surface area (Å²) < 4.78 is 78.4. The Morgan fingerprint density at radius 1 is 1.06 bits per heavy atom. The van der Waals surface area contributed by atoms with Crippen LogP contribution in [0.3, 0.4) is 0 Å². The number of nitrogens with one attached hydrogen (secondary N) is 1. The van der Waals surface area contributed by atoms with Gasteiger partial charge >= 0.3 is 6.18 Å². The predicted molar refractivity (Wildman–Crippen MR) is 110 cm³/mol. The number of alkyl halides is 3. The number of fused-ring (bicyclic) bond motifs is 3. The Bertz CT molecular complexity index is 1130. The third kappa shape index (κ3) is 3.73. The molecule has 0 radical (unpaired) electrons. The van der Waals surface area contributed by atoms with Gasteiger partial charge in [0, 0.05) is 54.6 Å². The minimum atomic E-state index is -4.52. The lowest BCUT2D eigenvalue weighted by atomic mass is 9.96. The number of aromatic nitrogens is 1. The van der Waals surface area contributed by atoms with E-state index in [1.807, 2.05) is 28.8 Å². The zero-order valence-corrected chi connectivity index (χ0v) is 17.3. The molecular weight excluding hydrogens is 429 g/mol. The molecule has 2 atom stereocenters. The lowest BCUT2D eigenvalue weighted by molar-refractivity contribution is -0.157. The Morgan fingerprint density at radius 3 is 2.38 bits per heavy atom. The predicted octanol–water partition coefficient (Wildman–Crippen LogP) is 4.63. The van der Waals surface area contributed by atoms with Gasteiger partial charge < -0.3 is 14.6 Å². The van der Waals surface area contributed by atoms with E-state index in [1.54, 1.807) is 13.0 Å². The molecule has 2 aromatic carbocycles. The zero-order valence-electron chi connectivity index (χ0n) is 17.3. The third-order valence-electron chi connectivity index (χ3n) is 6.20. The summed E-state index contributed by atoms with van der Waals surface area (Å²) in [5, 5.41) is 3.81. The Labute approximate surface area is 181 Å². The molecule has 0 saturated carbocycles. The molecule has 0 spiro atoms. The van der Waals surface area contributed by atoms with Gasteiger partial charge in [-0.25, -0.2) is 8.78 Å². The summed E-state index contributed by atoms with van der Waals surface area (Å²) in [6, 6.07) is 9.38. The molecule has 5 rings (SSSR count). The van der Waals surface area contributed by atoms with Crippen molar-refractivity contribution in [2.45, 2.75) is 37.8 Å². The summed E-state index contributed by atoms with van der Waals surface area (Å²) in [7, 11) is 0. The van der Waals surface area contributed by atoms with Gasteiger partial charge in [0.2, 0.25) is 0 Å². The van der Waals surface area contributed by atoms with Crippen LogP contribution >= 0.6 is 0 Å². The van der Waals surface area contributed by atoms with Crippen molar-refractivity contribution in [3.63, 3.8) is 0 Å². The summed E-state index contributed by atoms with van der Waals surface area (Å²) in [6.07, 6.45) is -4.70. The maximum absolute atomic E-state index is 15.3. The standard InChI is InChI=1S/C23H22F5N3O/c1-13-11-30-19-5-3-2-4-14(19)6-20(30)22(31(13)12-23(26,27)28)21-17(24)7-15(8-18(21)25)32-16-9-29-10-16/h2-8,13,16,22,29H,9-12H2,1H3/t13-,22+/m1/s1. The summed E-state index contributed by atoms with van der Waals surface area (Å²) in [5.74, 6) is -1.81. The SMILES string of the molecule is C[C@@H]1Cn2c(cc3ccccc32)[C@@H](c2c(F)cc(OC3CNC3)cc2F)N1CC(F)(F)F. The van der Waals surface area contributed by atoms with E-state index in [0.717, 1.165) is 27.9 Å². The summed E-state index contributed by atoms with van der Waals surface area (Å²) in [5.41, 5.74) is 0.858. The first-order valence-corrected chi connectivity index (χ1v) is 10.5. The van der Waals surface area contributed by atoms with Crippen LogP contribution in [-0.2, 0) is 6.54 Å². The molecule has 1 fully saturated rings. The smallest absolute Gasteiger partial charge is 0.401 e. The molecule has 170 valence electrons. The quantitative estimate of drug-likeness (QED) is 0.587. The van der Waals surface area contributed by atoms with Gasteiger partial charge in [-0.05, 0) is 24.4 Å². The third-order valence-corrected chi connectivity index (χ3v) is 6.20. The van der Waals surface area contributed by atoms with Crippen molar-refractivity contribution in [1.29, 1.82) is 0 Å². The molecule has 3 heterocycles. The molecule has 1 N–H and O–H groups in total. The van der Waals surface area contributed by atoms with E-state index in [4.69, 9.17) is 4.74 Å². The van der Waals surface area contributed by atoms with Crippen molar-refractivity contribution >= 4 is 10.9 Å². The number of ether oxygens (including phenoxy) is 1. The molecule has 1 saturated heterocycles. The van der Waals surface area contributed by atoms with Crippen LogP contribution in [0.15, 0.2) is 42.5 Å². The maximum atomic E-state index is 15.3. The normalized spacial score (nSPS) is 22.1. The van der Waals surface area contributed by atoms with Crippen molar-refractivity contribution in [1.82, 2.24) is 14.8 Å². The second-order valence-corrected chi connectivity index (χ2v) is 8.48. The van der Waals surface area contributed by atoms with Gasteiger partial charge in [-0.1, -0.05) is 18.2 Å². The van der Waals surface area contributed by atoms with E-state index in [2.05, 4.69) is 5.32 Å². The van der Waals surface area contributed by atoms with Gasteiger partial charge in [0.1, 0.15) is 23.5 Å². The van der Waals surface area contributed by atoms with Crippen LogP contribution in [0.5, 0.6) is 5.75 Å². The molecule has 0 bridgehead atoms. The zero-order chi connectivity index (χ0) is 22.6. The van der Waals surface area contributed by atoms with Crippen molar-refractivity contribution in [3.05, 3.63) is 65.4 Å². The largest absolute Gasteiger partial charge is 0.488 e. The number of nitrogens with zero attached hydrogens (tertiary/aromatic N) is 2. The summed E-state index contributed by atoms with van der Waals surface area (Å²) in [4.78, 5) is 1.13. The number of para-hydroxylation sites is 1. The molecule has 0 amide bonds. The number of hydrogen-bond donors (Lipinski definition) is 1. The number of halogens is 5. The summed E-state index contributed by atoms with van der Waals surface area (Å²) in [6.45, 7) is 1.81. The lowest BCUT2D eigenvalue weighted by Gasteiger charge is -2.42. The Morgan fingerprint density at radius 2 is 1.75 bits per heavy atom. The highest BCUT2D eigenvalue weighted by Gasteiger charge is 2.43. The number of benzene rings is 2. The van der Waals surface area contributed by atoms with Crippen LogP contribution in [0.4, 0.5) is 22.0 Å². The van der Waals surface area contributed by atoms with Crippen LogP contribution in [0, 0.1) is 11.6 Å². The van der Waals surface area contributed by atoms with Crippen LogP contribution in [0.25, 0.3) is 10.9 Å². The minimum absolute atomic E-state index is 0.0297. The van der Waals surface area contributed by atoms with Crippen LogP contribution in [-0.4, -0.2) is 47.4 Å².